The van der Waals surface area contributed by atoms with Gasteiger partial charge in [-0.05, 0) is 17.7 Å². The van der Waals surface area contributed by atoms with Crippen molar-refractivity contribution >= 4 is 12.1 Å². The molecule has 7 nitrogen and oxygen atoms in total. The van der Waals surface area contributed by atoms with E-state index in [0.717, 1.165) is 0 Å². The molecule has 2 aromatic rings. The van der Waals surface area contributed by atoms with E-state index in [0.29, 0.717) is 5.56 Å². The Balaban J connectivity index is 1.86. The highest BCUT2D eigenvalue weighted by Gasteiger charge is 2.00. The first-order valence-corrected chi connectivity index (χ1v) is 5.17. The standard InChI is InChI=1S/C11H11N5O2/c17-10-3-1-2-9(4-10)5-13-15-11(18)6-16-8-12-7-14-16/h1-5,7-8,17H,6H2,(H,15,18)/b13-5-. The van der Waals surface area contributed by atoms with Gasteiger partial charge < -0.3 is 5.11 Å². The molecule has 0 saturated carbocycles. The Morgan fingerprint density at radius 3 is 3.17 bits per heavy atom. The number of aromatic hydroxyl groups is 1. The van der Waals surface area contributed by atoms with E-state index in [-0.39, 0.29) is 18.2 Å². The lowest BCUT2D eigenvalue weighted by Crippen LogP contribution is -2.23. The van der Waals surface area contributed by atoms with E-state index in [1.807, 2.05) is 0 Å². The highest BCUT2D eigenvalue weighted by molar-refractivity contribution is 5.82. The lowest BCUT2D eigenvalue weighted by atomic mass is 10.2. The molecule has 0 saturated heterocycles. The van der Waals surface area contributed by atoms with Crippen molar-refractivity contribution in [3.63, 3.8) is 0 Å². The summed E-state index contributed by atoms with van der Waals surface area (Å²) in [4.78, 5) is 15.1. The van der Waals surface area contributed by atoms with Crippen LogP contribution in [-0.2, 0) is 11.3 Å². The molecule has 2 rings (SSSR count). The average Bonchev–Trinajstić information content (AvgIpc) is 2.82. The zero-order chi connectivity index (χ0) is 12.8. The van der Waals surface area contributed by atoms with Gasteiger partial charge in [0.2, 0.25) is 0 Å². The minimum atomic E-state index is -0.308. The molecule has 0 aliphatic rings. The van der Waals surface area contributed by atoms with Crippen molar-refractivity contribution in [1.29, 1.82) is 0 Å². The van der Waals surface area contributed by atoms with Gasteiger partial charge in [0.1, 0.15) is 24.9 Å². The minimum Gasteiger partial charge on any atom is -0.508 e. The highest BCUT2D eigenvalue weighted by Crippen LogP contribution is 2.08. The lowest BCUT2D eigenvalue weighted by molar-refractivity contribution is -0.121. The molecule has 2 N–H and O–H groups in total. The number of amides is 1. The lowest BCUT2D eigenvalue weighted by Gasteiger charge is -1.99. The molecule has 1 amide bonds. The predicted molar refractivity (Wildman–Crippen MR) is 63.9 cm³/mol. The molecule has 92 valence electrons. The number of nitrogens with zero attached hydrogens (tertiary/aromatic N) is 4. The maximum absolute atomic E-state index is 11.4. The number of carbonyl (C=O) groups excluding carboxylic acids is 1. The second-order valence-corrected chi connectivity index (χ2v) is 3.48. The van der Waals surface area contributed by atoms with Crippen LogP contribution in [0.15, 0.2) is 42.0 Å². The Hall–Kier alpha value is -2.70. The first kappa shape index (κ1) is 11.8. The molecule has 0 fully saturated rings. The van der Waals surface area contributed by atoms with E-state index in [1.54, 1.807) is 18.2 Å². The largest absolute Gasteiger partial charge is 0.508 e. The molecule has 0 aliphatic carbocycles. The smallest absolute Gasteiger partial charge is 0.261 e. The van der Waals surface area contributed by atoms with Gasteiger partial charge in [-0.3, -0.25) is 4.79 Å². The summed E-state index contributed by atoms with van der Waals surface area (Å²) in [5.41, 5.74) is 3.04. The topological polar surface area (TPSA) is 92.4 Å². The van der Waals surface area contributed by atoms with Crippen LogP contribution in [0.2, 0.25) is 0 Å². The van der Waals surface area contributed by atoms with Crippen LogP contribution >= 0.6 is 0 Å². The van der Waals surface area contributed by atoms with Crippen LogP contribution in [0.5, 0.6) is 5.75 Å². The molecule has 0 atom stereocenters. The zero-order valence-electron chi connectivity index (χ0n) is 9.39. The van der Waals surface area contributed by atoms with Crippen LogP contribution in [-0.4, -0.2) is 32.0 Å². The molecule has 0 spiro atoms. The molecule has 1 heterocycles. The monoisotopic (exact) mass is 245 g/mol. The van der Waals surface area contributed by atoms with E-state index in [1.165, 1.54) is 29.6 Å². The van der Waals surface area contributed by atoms with Crippen molar-refractivity contribution < 1.29 is 9.90 Å². The van der Waals surface area contributed by atoms with Crippen molar-refractivity contribution in [2.75, 3.05) is 0 Å². The number of phenolic OH excluding ortho intramolecular Hbond substituents is 1. The SMILES string of the molecule is O=C(Cn1cncn1)N/N=C\c1cccc(O)c1. The van der Waals surface area contributed by atoms with Crippen molar-refractivity contribution in [3.8, 4) is 5.75 Å². The summed E-state index contributed by atoms with van der Waals surface area (Å²) in [5.74, 6) is -0.162. The van der Waals surface area contributed by atoms with Crippen LogP contribution in [0.4, 0.5) is 0 Å². The molecule has 18 heavy (non-hydrogen) atoms. The summed E-state index contributed by atoms with van der Waals surface area (Å²) in [7, 11) is 0. The fourth-order valence-corrected chi connectivity index (χ4v) is 1.28. The highest BCUT2D eigenvalue weighted by atomic mass is 16.3. The fourth-order valence-electron chi connectivity index (χ4n) is 1.28. The number of nitrogens with one attached hydrogen (secondary N) is 1. The van der Waals surface area contributed by atoms with Gasteiger partial charge in [0.05, 0.1) is 6.21 Å². The van der Waals surface area contributed by atoms with Gasteiger partial charge in [-0.2, -0.15) is 10.2 Å². The van der Waals surface area contributed by atoms with Gasteiger partial charge in [0.25, 0.3) is 5.91 Å². The molecular weight excluding hydrogens is 234 g/mol. The van der Waals surface area contributed by atoms with Crippen LogP contribution in [0.3, 0.4) is 0 Å². The Morgan fingerprint density at radius 2 is 2.44 bits per heavy atom. The first-order chi connectivity index (χ1) is 8.74. The van der Waals surface area contributed by atoms with E-state index in [4.69, 9.17) is 0 Å². The van der Waals surface area contributed by atoms with Crippen LogP contribution in [0.25, 0.3) is 0 Å². The number of hydrogen-bond acceptors (Lipinski definition) is 5. The number of aromatic nitrogens is 3. The minimum absolute atomic E-state index is 0.0530. The van der Waals surface area contributed by atoms with Crippen LogP contribution in [0.1, 0.15) is 5.56 Å². The van der Waals surface area contributed by atoms with Crippen LogP contribution < -0.4 is 5.43 Å². The van der Waals surface area contributed by atoms with E-state index >= 15 is 0 Å². The van der Waals surface area contributed by atoms with Crippen LogP contribution in [0, 0.1) is 0 Å². The Bertz CT molecular complexity index is 550. The molecule has 1 aromatic heterocycles. The van der Waals surface area contributed by atoms with Crippen molar-refractivity contribution in [2.45, 2.75) is 6.54 Å². The summed E-state index contributed by atoms with van der Waals surface area (Å²) in [6, 6.07) is 6.54. The first-order valence-electron chi connectivity index (χ1n) is 5.17. The number of phenols is 1. The van der Waals surface area contributed by atoms with E-state index < -0.39 is 0 Å². The van der Waals surface area contributed by atoms with Crippen molar-refractivity contribution in [3.05, 3.63) is 42.5 Å². The Kier molecular flexibility index (Phi) is 3.65. The number of carbonyl (C=O) groups is 1. The second-order valence-electron chi connectivity index (χ2n) is 3.48. The maximum Gasteiger partial charge on any atom is 0.261 e. The van der Waals surface area contributed by atoms with Gasteiger partial charge in [-0.15, -0.1) is 0 Å². The molecule has 0 bridgehead atoms. The third-order valence-corrected chi connectivity index (χ3v) is 2.05. The summed E-state index contributed by atoms with van der Waals surface area (Å²) >= 11 is 0. The Labute approximate surface area is 103 Å². The summed E-state index contributed by atoms with van der Waals surface area (Å²) in [6.45, 7) is 0.0530. The second kappa shape index (κ2) is 5.58. The van der Waals surface area contributed by atoms with Crippen molar-refractivity contribution in [2.24, 2.45) is 5.10 Å². The molecule has 1 aromatic carbocycles. The number of hydrogen-bond donors (Lipinski definition) is 2. The molecular formula is C11H11N5O2. The summed E-state index contributed by atoms with van der Waals surface area (Å²) in [6.07, 6.45) is 4.24. The Morgan fingerprint density at radius 1 is 1.56 bits per heavy atom. The van der Waals surface area contributed by atoms with Gasteiger partial charge in [-0.25, -0.2) is 15.1 Å². The average molecular weight is 245 g/mol. The molecule has 7 heteroatoms. The normalized spacial score (nSPS) is 10.7. The third-order valence-electron chi connectivity index (χ3n) is 2.05. The van der Waals surface area contributed by atoms with Gasteiger partial charge in [-0.1, -0.05) is 12.1 Å². The van der Waals surface area contributed by atoms with Gasteiger partial charge >= 0.3 is 0 Å². The number of hydrazone groups is 1. The zero-order valence-corrected chi connectivity index (χ0v) is 9.39. The predicted octanol–water partition coefficient (Wildman–Crippen LogP) is 0.134. The maximum atomic E-state index is 11.4. The molecule has 0 unspecified atom stereocenters. The van der Waals surface area contributed by atoms with E-state index in [2.05, 4.69) is 20.6 Å². The van der Waals surface area contributed by atoms with E-state index in [9.17, 15) is 9.90 Å². The quantitative estimate of drug-likeness (QED) is 0.591. The molecule has 0 radical (unpaired) electrons. The third kappa shape index (κ3) is 3.41. The summed E-state index contributed by atoms with van der Waals surface area (Å²) < 4.78 is 1.39. The van der Waals surface area contributed by atoms with Gasteiger partial charge in [0, 0.05) is 0 Å². The molecule has 0 aliphatic heterocycles. The van der Waals surface area contributed by atoms with Gasteiger partial charge in [0.15, 0.2) is 0 Å². The van der Waals surface area contributed by atoms with Crippen molar-refractivity contribution in [1.82, 2.24) is 20.2 Å². The summed E-state index contributed by atoms with van der Waals surface area (Å²) in [5, 5.41) is 16.8. The number of rotatable bonds is 4. The number of benzene rings is 1. The fraction of sp³-hybridized carbons (Fsp3) is 0.0909.